The van der Waals surface area contributed by atoms with E-state index in [1.807, 2.05) is 13.0 Å². The van der Waals surface area contributed by atoms with Gasteiger partial charge in [-0.2, -0.15) is 0 Å². The minimum absolute atomic E-state index is 0.00379. The number of anilines is 1. The zero-order chi connectivity index (χ0) is 14.0. The van der Waals surface area contributed by atoms with Crippen LogP contribution in [0.25, 0.3) is 0 Å². The maximum Gasteiger partial charge on any atom is 0.253 e. The summed E-state index contributed by atoms with van der Waals surface area (Å²) < 4.78 is 0. The Morgan fingerprint density at radius 2 is 2.21 bits per heavy atom. The van der Waals surface area contributed by atoms with Gasteiger partial charge in [0.25, 0.3) is 5.91 Å². The van der Waals surface area contributed by atoms with E-state index in [0.717, 1.165) is 5.56 Å². The molecule has 0 bridgehead atoms. The first-order chi connectivity index (χ1) is 8.97. The Labute approximate surface area is 112 Å². The number of amides is 2. The number of nitrogens with two attached hydrogens (primary N) is 1. The first-order valence-corrected chi connectivity index (χ1v) is 6.38. The maximum absolute atomic E-state index is 12.1. The summed E-state index contributed by atoms with van der Waals surface area (Å²) in [5, 5.41) is 2.93. The van der Waals surface area contributed by atoms with Gasteiger partial charge >= 0.3 is 0 Å². The second kappa shape index (κ2) is 5.30. The Hall–Kier alpha value is -2.04. The van der Waals surface area contributed by atoms with Crippen LogP contribution in [0.1, 0.15) is 28.8 Å². The summed E-state index contributed by atoms with van der Waals surface area (Å²) in [6.07, 6.45) is 1.16. The number of aryl methyl sites for hydroxylation is 1. The molecule has 0 spiro atoms. The van der Waals surface area contributed by atoms with Crippen LogP contribution in [-0.2, 0) is 4.79 Å². The van der Waals surface area contributed by atoms with Crippen LogP contribution in [0.5, 0.6) is 0 Å². The van der Waals surface area contributed by atoms with Gasteiger partial charge in [-0.25, -0.2) is 0 Å². The Balaban J connectivity index is 2.03. The molecule has 1 fully saturated rings. The van der Waals surface area contributed by atoms with Gasteiger partial charge in [0.1, 0.15) is 0 Å². The van der Waals surface area contributed by atoms with Crippen LogP contribution in [0.3, 0.4) is 0 Å². The molecule has 2 amide bonds. The predicted molar refractivity (Wildman–Crippen MR) is 73.7 cm³/mol. The molecule has 5 nitrogen and oxygen atoms in total. The fourth-order valence-corrected chi connectivity index (χ4v) is 2.28. The number of hydrogen-bond donors (Lipinski definition) is 2. The summed E-state index contributed by atoms with van der Waals surface area (Å²) in [6.45, 7) is 2.48. The van der Waals surface area contributed by atoms with Crippen LogP contribution in [0.2, 0.25) is 0 Å². The number of nitrogen functional groups attached to an aromatic ring is 1. The van der Waals surface area contributed by atoms with Gasteiger partial charge in [-0.3, -0.25) is 9.59 Å². The standard InChI is InChI=1S/C14H19N3O2/c1-9-3-5-11(12(15)7-9)14(19)16-10-4-6-13(18)17(2)8-10/h3,5,7,10H,4,6,8,15H2,1-2H3,(H,16,19). The number of nitrogens with one attached hydrogen (secondary N) is 1. The predicted octanol–water partition coefficient (Wildman–Crippen LogP) is 0.928. The number of benzene rings is 1. The second-order valence-corrected chi connectivity index (χ2v) is 5.07. The van der Waals surface area contributed by atoms with Crippen molar-refractivity contribution < 1.29 is 9.59 Å². The van der Waals surface area contributed by atoms with Crippen molar-refractivity contribution in [3.63, 3.8) is 0 Å². The van der Waals surface area contributed by atoms with Crippen molar-refractivity contribution in [1.82, 2.24) is 10.2 Å². The number of carbonyl (C=O) groups excluding carboxylic acids is 2. The summed E-state index contributed by atoms with van der Waals surface area (Å²) >= 11 is 0. The lowest BCUT2D eigenvalue weighted by atomic mass is 10.0. The van der Waals surface area contributed by atoms with Gasteiger partial charge in [0, 0.05) is 31.7 Å². The number of likely N-dealkylation sites (N-methyl/N-ethyl adjacent to an activating group) is 1. The molecule has 2 rings (SSSR count). The van der Waals surface area contributed by atoms with E-state index in [1.54, 1.807) is 24.1 Å². The van der Waals surface area contributed by atoms with Gasteiger partial charge in [0.15, 0.2) is 0 Å². The first kappa shape index (κ1) is 13.4. The van der Waals surface area contributed by atoms with E-state index in [0.29, 0.717) is 30.6 Å². The number of hydrogen-bond acceptors (Lipinski definition) is 3. The zero-order valence-corrected chi connectivity index (χ0v) is 11.3. The van der Waals surface area contributed by atoms with Gasteiger partial charge < -0.3 is 16.0 Å². The third-order valence-corrected chi connectivity index (χ3v) is 3.41. The normalized spacial score (nSPS) is 19.4. The molecule has 1 aromatic carbocycles. The van der Waals surface area contributed by atoms with Crippen molar-refractivity contribution in [1.29, 1.82) is 0 Å². The highest BCUT2D eigenvalue weighted by Gasteiger charge is 2.24. The molecule has 0 saturated carbocycles. The Morgan fingerprint density at radius 1 is 1.47 bits per heavy atom. The number of nitrogens with zero attached hydrogens (tertiary/aromatic N) is 1. The molecular weight excluding hydrogens is 242 g/mol. The fraction of sp³-hybridized carbons (Fsp3) is 0.429. The highest BCUT2D eigenvalue weighted by molar-refractivity contribution is 5.99. The molecule has 1 aliphatic heterocycles. The van der Waals surface area contributed by atoms with Crippen molar-refractivity contribution in [3.05, 3.63) is 29.3 Å². The lowest BCUT2D eigenvalue weighted by molar-refractivity contribution is -0.132. The van der Waals surface area contributed by atoms with E-state index in [-0.39, 0.29) is 17.9 Å². The van der Waals surface area contributed by atoms with Crippen LogP contribution in [0.4, 0.5) is 5.69 Å². The second-order valence-electron chi connectivity index (χ2n) is 5.07. The highest BCUT2D eigenvalue weighted by atomic mass is 16.2. The van der Waals surface area contributed by atoms with E-state index >= 15 is 0 Å². The Bertz CT molecular complexity index is 513. The van der Waals surface area contributed by atoms with Gasteiger partial charge in [-0.15, -0.1) is 0 Å². The van der Waals surface area contributed by atoms with Crippen molar-refractivity contribution in [2.75, 3.05) is 19.3 Å². The van der Waals surface area contributed by atoms with Crippen molar-refractivity contribution in [2.45, 2.75) is 25.8 Å². The van der Waals surface area contributed by atoms with E-state index in [2.05, 4.69) is 5.32 Å². The van der Waals surface area contributed by atoms with E-state index < -0.39 is 0 Å². The molecule has 102 valence electrons. The summed E-state index contributed by atoms with van der Waals surface area (Å²) in [7, 11) is 1.75. The van der Waals surface area contributed by atoms with Gasteiger partial charge in [-0.1, -0.05) is 6.07 Å². The topological polar surface area (TPSA) is 75.4 Å². The Morgan fingerprint density at radius 3 is 2.84 bits per heavy atom. The molecule has 19 heavy (non-hydrogen) atoms. The molecule has 1 atom stereocenters. The average Bonchev–Trinajstić information content (AvgIpc) is 2.33. The van der Waals surface area contributed by atoms with Crippen molar-refractivity contribution in [2.24, 2.45) is 0 Å². The van der Waals surface area contributed by atoms with Crippen LogP contribution in [-0.4, -0.2) is 36.3 Å². The van der Waals surface area contributed by atoms with E-state index in [4.69, 9.17) is 5.73 Å². The quantitative estimate of drug-likeness (QED) is 0.778. The number of rotatable bonds is 2. The molecule has 1 aromatic rings. The largest absolute Gasteiger partial charge is 0.398 e. The van der Waals surface area contributed by atoms with Crippen molar-refractivity contribution in [3.8, 4) is 0 Å². The third-order valence-electron chi connectivity index (χ3n) is 3.41. The van der Waals surface area contributed by atoms with Crippen molar-refractivity contribution >= 4 is 17.5 Å². The van der Waals surface area contributed by atoms with Gasteiger partial charge in [-0.05, 0) is 31.0 Å². The molecule has 1 saturated heterocycles. The van der Waals surface area contributed by atoms with E-state index in [9.17, 15) is 9.59 Å². The van der Waals surface area contributed by atoms with Gasteiger partial charge in [0.2, 0.25) is 5.91 Å². The fourth-order valence-electron chi connectivity index (χ4n) is 2.28. The minimum atomic E-state index is -0.176. The molecule has 0 radical (unpaired) electrons. The molecule has 0 aromatic heterocycles. The SMILES string of the molecule is Cc1ccc(C(=O)NC2CCC(=O)N(C)C2)c(N)c1. The molecule has 1 heterocycles. The minimum Gasteiger partial charge on any atom is -0.398 e. The summed E-state index contributed by atoms with van der Waals surface area (Å²) in [5.41, 5.74) is 7.85. The third kappa shape index (κ3) is 3.05. The first-order valence-electron chi connectivity index (χ1n) is 6.38. The maximum atomic E-state index is 12.1. The number of piperidine rings is 1. The lowest BCUT2D eigenvalue weighted by Crippen LogP contribution is -2.48. The molecule has 1 unspecified atom stereocenters. The molecule has 3 N–H and O–H groups in total. The number of likely N-dealkylation sites (tertiary alicyclic amines) is 1. The zero-order valence-electron chi connectivity index (χ0n) is 11.3. The van der Waals surface area contributed by atoms with Gasteiger partial charge in [0.05, 0.1) is 5.56 Å². The van der Waals surface area contributed by atoms with Crippen LogP contribution >= 0.6 is 0 Å². The number of carbonyl (C=O) groups is 2. The molecule has 0 aliphatic carbocycles. The molecule has 5 heteroatoms. The smallest absolute Gasteiger partial charge is 0.253 e. The van der Waals surface area contributed by atoms with Crippen LogP contribution in [0.15, 0.2) is 18.2 Å². The summed E-state index contributed by atoms with van der Waals surface area (Å²) in [6, 6.07) is 5.38. The molecule has 1 aliphatic rings. The lowest BCUT2D eigenvalue weighted by Gasteiger charge is -2.30. The summed E-state index contributed by atoms with van der Waals surface area (Å²) in [4.78, 5) is 25.2. The van der Waals surface area contributed by atoms with Crippen LogP contribution < -0.4 is 11.1 Å². The van der Waals surface area contributed by atoms with Crippen LogP contribution in [0, 0.1) is 6.92 Å². The highest BCUT2D eigenvalue weighted by Crippen LogP contribution is 2.15. The average molecular weight is 261 g/mol. The Kier molecular flexibility index (Phi) is 3.74. The molecular formula is C14H19N3O2. The monoisotopic (exact) mass is 261 g/mol. The summed E-state index contributed by atoms with van der Waals surface area (Å²) in [5.74, 6) is -0.0504. The van der Waals surface area contributed by atoms with E-state index in [1.165, 1.54) is 0 Å².